The van der Waals surface area contributed by atoms with Crippen LogP contribution in [-0.4, -0.2) is 6.54 Å². The molecule has 1 aromatic carbocycles. The number of nitrogens with one attached hydrogen (secondary N) is 1. The Labute approximate surface area is 125 Å². The van der Waals surface area contributed by atoms with Gasteiger partial charge in [0, 0.05) is 14.4 Å². The molecule has 2 rings (SSSR count). The summed E-state index contributed by atoms with van der Waals surface area (Å²) in [5.41, 5.74) is 2.41. The maximum Gasteiger partial charge on any atom is 0.0599 e. The Kier molecular flexibility index (Phi) is 4.84. The summed E-state index contributed by atoms with van der Waals surface area (Å²) in [6.45, 7) is 5.14. The molecule has 1 atom stereocenters. The highest BCUT2D eigenvalue weighted by molar-refractivity contribution is 9.10. The quantitative estimate of drug-likeness (QED) is 0.806. The molecular formula is C14H15BrClNS. The molecule has 0 bridgehead atoms. The van der Waals surface area contributed by atoms with Gasteiger partial charge in [-0.05, 0) is 48.2 Å². The van der Waals surface area contributed by atoms with Crippen LogP contribution in [0.15, 0.2) is 34.1 Å². The summed E-state index contributed by atoms with van der Waals surface area (Å²) in [4.78, 5) is 1.32. The number of aryl methyl sites for hydroxylation is 1. The van der Waals surface area contributed by atoms with E-state index in [0.717, 1.165) is 21.6 Å². The van der Waals surface area contributed by atoms with E-state index in [1.54, 1.807) is 11.3 Å². The molecule has 4 heteroatoms. The number of hydrogen-bond donors (Lipinski definition) is 1. The summed E-state index contributed by atoms with van der Waals surface area (Å²) in [6.07, 6.45) is 0. The molecule has 18 heavy (non-hydrogen) atoms. The van der Waals surface area contributed by atoms with Crippen LogP contribution in [0.4, 0.5) is 0 Å². The molecule has 0 amide bonds. The van der Waals surface area contributed by atoms with Gasteiger partial charge in [-0.2, -0.15) is 0 Å². The summed E-state index contributed by atoms with van der Waals surface area (Å²) < 4.78 is 1.01. The van der Waals surface area contributed by atoms with E-state index in [9.17, 15) is 0 Å². The van der Waals surface area contributed by atoms with Crippen molar-refractivity contribution in [2.75, 3.05) is 6.54 Å². The van der Waals surface area contributed by atoms with Gasteiger partial charge in [0.25, 0.3) is 0 Å². The molecule has 96 valence electrons. The third-order valence-electron chi connectivity index (χ3n) is 2.77. The van der Waals surface area contributed by atoms with E-state index in [4.69, 9.17) is 11.6 Å². The minimum atomic E-state index is 0.167. The standard InChI is InChI=1S/C14H15BrClNS/c1-3-17-14(10-6-9(2)18-8-10)12-5-4-11(15)7-13(12)16/h4-8,14,17H,3H2,1-2H3. The van der Waals surface area contributed by atoms with Gasteiger partial charge in [0.05, 0.1) is 6.04 Å². The van der Waals surface area contributed by atoms with Crippen LogP contribution in [0.5, 0.6) is 0 Å². The van der Waals surface area contributed by atoms with Gasteiger partial charge in [-0.1, -0.05) is 40.5 Å². The highest BCUT2D eigenvalue weighted by Crippen LogP contribution is 2.32. The number of thiophene rings is 1. The highest BCUT2D eigenvalue weighted by atomic mass is 79.9. The molecule has 1 unspecified atom stereocenters. The van der Waals surface area contributed by atoms with Crippen molar-refractivity contribution >= 4 is 38.9 Å². The second-order valence-electron chi connectivity index (χ2n) is 4.15. The average Bonchev–Trinajstić information content (AvgIpc) is 2.73. The van der Waals surface area contributed by atoms with Crippen molar-refractivity contribution in [3.05, 3.63) is 55.1 Å². The molecule has 2 aromatic rings. The number of halogens is 2. The van der Waals surface area contributed by atoms with Crippen molar-refractivity contribution in [2.24, 2.45) is 0 Å². The van der Waals surface area contributed by atoms with Crippen LogP contribution in [0.3, 0.4) is 0 Å². The lowest BCUT2D eigenvalue weighted by molar-refractivity contribution is 0.632. The van der Waals surface area contributed by atoms with Crippen molar-refractivity contribution in [2.45, 2.75) is 19.9 Å². The molecule has 0 aliphatic carbocycles. The number of rotatable bonds is 4. The van der Waals surface area contributed by atoms with E-state index in [2.05, 4.69) is 52.6 Å². The third-order valence-corrected chi connectivity index (χ3v) is 4.47. The van der Waals surface area contributed by atoms with Crippen LogP contribution in [0, 0.1) is 6.92 Å². The maximum atomic E-state index is 6.35. The van der Waals surface area contributed by atoms with Crippen LogP contribution < -0.4 is 5.32 Å². The van der Waals surface area contributed by atoms with E-state index in [-0.39, 0.29) is 6.04 Å². The Bertz CT molecular complexity index is 538. The van der Waals surface area contributed by atoms with Crippen LogP contribution in [0.1, 0.15) is 29.0 Å². The molecule has 0 saturated carbocycles. The molecule has 1 aromatic heterocycles. The van der Waals surface area contributed by atoms with Gasteiger partial charge in [0.1, 0.15) is 0 Å². The van der Waals surface area contributed by atoms with Gasteiger partial charge >= 0.3 is 0 Å². The van der Waals surface area contributed by atoms with Crippen LogP contribution >= 0.6 is 38.9 Å². The Hall–Kier alpha value is -0.350. The molecule has 1 heterocycles. The van der Waals surface area contributed by atoms with E-state index < -0.39 is 0 Å². The van der Waals surface area contributed by atoms with Crippen molar-refractivity contribution in [1.29, 1.82) is 0 Å². The van der Waals surface area contributed by atoms with Gasteiger partial charge < -0.3 is 5.32 Å². The Morgan fingerprint density at radius 2 is 2.17 bits per heavy atom. The zero-order valence-electron chi connectivity index (χ0n) is 10.3. The van der Waals surface area contributed by atoms with Crippen LogP contribution in [0.25, 0.3) is 0 Å². The first-order valence-corrected chi connectivity index (χ1v) is 7.90. The first-order chi connectivity index (χ1) is 8.61. The Morgan fingerprint density at radius 1 is 1.39 bits per heavy atom. The van der Waals surface area contributed by atoms with E-state index >= 15 is 0 Å². The lowest BCUT2D eigenvalue weighted by Gasteiger charge is -2.19. The zero-order valence-corrected chi connectivity index (χ0v) is 13.5. The van der Waals surface area contributed by atoms with Crippen molar-refractivity contribution in [3.8, 4) is 0 Å². The summed E-state index contributed by atoms with van der Waals surface area (Å²) in [7, 11) is 0. The molecule has 0 fully saturated rings. The number of hydrogen-bond acceptors (Lipinski definition) is 2. The first-order valence-electron chi connectivity index (χ1n) is 5.85. The predicted molar refractivity (Wildman–Crippen MR) is 83.7 cm³/mol. The van der Waals surface area contributed by atoms with Gasteiger partial charge in [-0.15, -0.1) is 11.3 Å². The van der Waals surface area contributed by atoms with E-state index in [1.807, 2.05) is 12.1 Å². The van der Waals surface area contributed by atoms with Crippen molar-refractivity contribution < 1.29 is 0 Å². The monoisotopic (exact) mass is 343 g/mol. The minimum absolute atomic E-state index is 0.167. The Balaban J connectivity index is 2.41. The molecule has 0 aliphatic heterocycles. The number of benzene rings is 1. The van der Waals surface area contributed by atoms with E-state index in [0.29, 0.717) is 0 Å². The molecule has 0 spiro atoms. The molecule has 1 N–H and O–H groups in total. The largest absolute Gasteiger partial charge is 0.306 e. The van der Waals surface area contributed by atoms with Crippen LogP contribution in [-0.2, 0) is 0 Å². The normalized spacial score (nSPS) is 12.7. The molecule has 0 aliphatic rings. The summed E-state index contributed by atoms with van der Waals surface area (Å²) in [6, 6.07) is 8.44. The summed E-state index contributed by atoms with van der Waals surface area (Å²) in [5.74, 6) is 0. The summed E-state index contributed by atoms with van der Waals surface area (Å²) in [5, 5.41) is 6.48. The smallest absolute Gasteiger partial charge is 0.0599 e. The fraction of sp³-hybridized carbons (Fsp3) is 0.286. The lowest BCUT2D eigenvalue weighted by atomic mass is 10.0. The first kappa shape index (κ1) is 14.1. The molecule has 1 nitrogen and oxygen atoms in total. The van der Waals surface area contributed by atoms with Gasteiger partial charge in [-0.3, -0.25) is 0 Å². The average molecular weight is 345 g/mol. The van der Waals surface area contributed by atoms with Crippen LogP contribution in [0.2, 0.25) is 5.02 Å². The second-order valence-corrected chi connectivity index (χ2v) is 6.59. The Morgan fingerprint density at radius 3 is 2.72 bits per heavy atom. The molecule has 0 saturated heterocycles. The SMILES string of the molecule is CCNC(c1csc(C)c1)c1ccc(Br)cc1Cl. The van der Waals surface area contributed by atoms with E-state index in [1.165, 1.54) is 10.4 Å². The van der Waals surface area contributed by atoms with Gasteiger partial charge in [-0.25, -0.2) is 0 Å². The zero-order chi connectivity index (χ0) is 13.1. The predicted octanol–water partition coefficient (Wildman–Crippen LogP) is 5.17. The third kappa shape index (κ3) is 3.15. The topological polar surface area (TPSA) is 12.0 Å². The van der Waals surface area contributed by atoms with Crippen molar-refractivity contribution in [1.82, 2.24) is 5.32 Å². The minimum Gasteiger partial charge on any atom is -0.306 e. The van der Waals surface area contributed by atoms with Gasteiger partial charge in [0.2, 0.25) is 0 Å². The molecule has 0 radical (unpaired) electrons. The van der Waals surface area contributed by atoms with Crippen molar-refractivity contribution in [3.63, 3.8) is 0 Å². The summed E-state index contributed by atoms with van der Waals surface area (Å²) >= 11 is 11.6. The fourth-order valence-corrected chi connectivity index (χ4v) is 3.47. The van der Waals surface area contributed by atoms with Gasteiger partial charge in [0.15, 0.2) is 0 Å². The fourth-order valence-electron chi connectivity index (χ4n) is 1.96. The lowest BCUT2D eigenvalue weighted by Crippen LogP contribution is -2.21. The molecular weight excluding hydrogens is 330 g/mol. The maximum absolute atomic E-state index is 6.35. The highest BCUT2D eigenvalue weighted by Gasteiger charge is 2.17. The second kappa shape index (κ2) is 6.20.